The first-order valence-electron chi connectivity index (χ1n) is 17.0. The van der Waals surface area contributed by atoms with E-state index in [0.29, 0.717) is 27.7 Å². The molecule has 2 aromatic rings. The van der Waals surface area contributed by atoms with Crippen LogP contribution in [0.1, 0.15) is 50.9 Å². The number of carboxylic acids is 1. The molecule has 51 heavy (non-hydrogen) atoms. The fraction of sp³-hybridized carbons (Fsp3) is 0.351. The van der Waals surface area contributed by atoms with Crippen LogP contribution < -0.4 is 25.5 Å². The smallest absolute Gasteiger partial charge is 0.358 e. The summed E-state index contributed by atoms with van der Waals surface area (Å²) in [5, 5.41) is 18.9. The number of aromatic carboxylic acids is 1. The Kier molecular flexibility index (Phi) is 12.0. The van der Waals surface area contributed by atoms with Gasteiger partial charge in [0, 0.05) is 72.5 Å². The molecular weight excluding hydrogens is 675 g/mol. The Morgan fingerprint density at radius 2 is 1.67 bits per heavy atom. The highest BCUT2D eigenvalue weighted by molar-refractivity contribution is 7.80. The number of carboxylic acid groups (broad SMARTS) is 1. The molecule has 1 aliphatic carbocycles. The van der Waals surface area contributed by atoms with Crippen molar-refractivity contribution in [2.75, 3.05) is 56.2 Å². The van der Waals surface area contributed by atoms with Crippen molar-refractivity contribution in [1.82, 2.24) is 15.0 Å². The highest BCUT2D eigenvalue weighted by atomic mass is 32.1. The van der Waals surface area contributed by atoms with E-state index < -0.39 is 30.4 Å². The van der Waals surface area contributed by atoms with Crippen LogP contribution in [0.2, 0.25) is 0 Å². The summed E-state index contributed by atoms with van der Waals surface area (Å²) >= 11 is 5.41. The number of rotatable bonds is 14. The van der Waals surface area contributed by atoms with Gasteiger partial charge < -0.3 is 34.6 Å². The number of benzene rings is 3. The van der Waals surface area contributed by atoms with E-state index in [9.17, 15) is 24.3 Å². The second-order valence-electron chi connectivity index (χ2n) is 11.7. The summed E-state index contributed by atoms with van der Waals surface area (Å²) < 4.78 is 14.0. The van der Waals surface area contributed by atoms with Gasteiger partial charge in [-0.25, -0.2) is 14.2 Å². The van der Waals surface area contributed by atoms with Gasteiger partial charge in [0.25, 0.3) is 11.8 Å². The van der Waals surface area contributed by atoms with Crippen LogP contribution in [0.4, 0.5) is 11.4 Å². The lowest BCUT2D eigenvalue weighted by Gasteiger charge is -2.22. The number of amides is 2. The summed E-state index contributed by atoms with van der Waals surface area (Å²) in [6.45, 7) is 11.5. The Balaban J connectivity index is 1.38. The summed E-state index contributed by atoms with van der Waals surface area (Å²) in [6, 6.07) is 17.1. The first-order valence-corrected chi connectivity index (χ1v) is 17.4. The molecule has 5 rings (SSSR count). The molecule has 3 N–H and O–H groups in total. The van der Waals surface area contributed by atoms with E-state index in [1.54, 1.807) is 12.1 Å². The van der Waals surface area contributed by atoms with Crippen molar-refractivity contribution in [3.05, 3.63) is 65.5 Å². The molecule has 0 radical (unpaired) electrons. The summed E-state index contributed by atoms with van der Waals surface area (Å²) in [7, 11) is 0. The molecule has 1 fully saturated rings. The van der Waals surface area contributed by atoms with Crippen molar-refractivity contribution in [3.63, 3.8) is 0 Å². The van der Waals surface area contributed by atoms with Crippen molar-refractivity contribution in [2.24, 2.45) is 0 Å². The normalized spacial score (nSPS) is 12.7. The molecule has 3 aliphatic rings. The van der Waals surface area contributed by atoms with Crippen LogP contribution in [-0.4, -0.2) is 85.0 Å². The van der Waals surface area contributed by atoms with Gasteiger partial charge in [0.1, 0.15) is 31.0 Å². The second kappa shape index (κ2) is 16.6. The van der Waals surface area contributed by atoms with Gasteiger partial charge in [-0.15, -0.1) is 5.06 Å². The fourth-order valence-corrected chi connectivity index (χ4v) is 6.32. The van der Waals surface area contributed by atoms with E-state index in [0.717, 1.165) is 53.7 Å². The number of carbonyl (C=O) groups is 4. The van der Waals surface area contributed by atoms with Gasteiger partial charge in [0.05, 0.1) is 18.2 Å². The Morgan fingerprint density at radius 3 is 2.33 bits per heavy atom. The molecule has 0 aromatic heterocycles. The molecule has 0 bridgehead atoms. The molecule has 2 amide bonds. The Morgan fingerprint density at radius 1 is 0.961 bits per heavy atom. The van der Waals surface area contributed by atoms with Crippen LogP contribution >= 0.6 is 12.2 Å². The van der Waals surface area contributed by atoms with Gasteiger partial charge in [-0.1, -0.05) is 6.07 Å². The largest absolute Gasteiger partial charge is 0.478 e. The number of carbonyl (C=O) groups excluding carboxylic acids is 3. The number of anilines is 2. The number of hydroxylamine groups is 2. The van der Waals surface area contributed by atoms with E-state index >= 15 is 0 Å². The zero-order valence-corrected chi connectivity index (χ0v) is 29.9. The number of imide groups is 1. The van der Waals surface area contributed by atoms with Crippen LogP contribution in [-0.2, 0) is 24.0 Å². The summed E-state index contributed by atoms with van der Waals surface area (Å²) in [5.74, 6) is -2.47. The maximum atomic E-state index is 12.8. The first-order chi connectivity index (χ1) is 24.6. The highest BCUT2D eigenvalue weighted by Crippen LogP contribution is 2.42. The third-order valence-corrected chi connectivity index (χ3v) is 8.92. The molecule has 2 aromatic carbocycles. The zero-order valence-electron chi connectivity index (χ0n) is 29.1. The van der Waals surface area contributed by atoms with E-state index in [1.165, 1.54) is 6.07 Å². The lowest BCUT2D eigenvalue weighted by molar-refractivity contribution is -0.200. The average molecular weight is 717 g/mol. The maximum Gasteiger partial charge on any atom is 0.358 e. The van der Waals surface area contributed by atoms with Gasteiger partial charge in [-0.3, -0.25) is 9.59 Å². The van der Waals surface area contributed by atoms with Crippen LogP contribution in [0, 0.1) is 0 Å². The van der Waals surface area contributed by atoms with Gasteiger partial charge in [0.2, 0.25) is 5.36 Å². The fourth-order valence-electron chi connectivity index (χ4n) is 6.10. The van der Waals surface area contributed by atoms with Gasteiger partial charge in [-0.2, -0.15) is 0 Å². The van der Waals surface area contributed by atoms with Crippen molar-refractivity contribution in [3.8, 4) is 22.5 Å². The minimum absolute atomic E-state index is 0.00422. The van der Waals surface area contributed by atoms with Gasteiger partial charge in [-0.05, 0) is 75.8 Å². The number of nitrogens with zero attached hydrogens (tertiary/aromatic N) is 3. The monoisotopic (exact) mass is 716 g/mol. The molecule has 0 atom stereocenters. The maximum absolute atomic E-state index is 12.8. The van der Waals surface area contributed by atoms with Crippen LogP contribution in [0.25, 0.3) is 33.4 Å². The van der Waals surface area contributed by atoms with Crippen LogP contribution in [0.15, 0.2) is 59.0 Å². The van der Waals surface area contributed by atoms with Crippen molar-refractivity contribution in [1.29, 1.82) is 0 Å². The summed E-state index contributed by atoms with van der Waals surface area (Å²) in [4.78, 5) is 54.9. The minimum atomic E-state index is -1.10. The Bertz CT molecular complexity index is 2000. The van der Waals surface area contributed by atoms with E-state index in [2.05, 4.69) is 47.8 Å². The third kappa shape index (κ3) is 8.35. The van der Waals surface area contributed by atoms with Crippen LogP contribution in [0.5, 0.6) is 0 Å². The molecule has 13 nitrogen and oxygen atoms in total. The molecule has 1 saturated heterocycles. The third-order valence-electron chi connectivity index (χ3n) is 8.67. The molecular formula is C37H42N5O8S+. The lowest BCUT2D eigenvalue weighted by Crippen LogP contribution is -2.34. The second-order valence-corrected chi connectivity index (χ2v) is 12.1. The van der Waals surface area contributed by atoms with Crippen molar-refractivity contribution >= 4 is 63.4 Å². The number of nitrogens with one attached hydrogen (secondary N) is 2. The quantitative estimate of drug-likeness (QED) is 0.0555. The standard InChI is InChI=1S/C37H41N5O8S/c1-5-40(6-2)24-10-13-27-30(20-24)49-31-21-25(41(7-3)8-4)11-14-28(31)35(27)26-12-9-23(19-29(26)36(46)47)39-37(51)38-17-18-48-22-34(45)50-42-32(43)15-16-33(42)44/h9-14,19-21H,5-8,15-18,22H2,1-4H3,(H2,38,46,47,51)/p+1. The molecule has 0 unspecified atom stereocenters. The number of hydrogen-bond donors (Lipinski definition) is 3. The SMILES string of the molecule is CCN(CC)c1ccc2c(-c3ccc(NC(=S)NCCOCC(=O)ON4C(=O)CCC4=O)cc3C(=O)O)c3ccc(=[N+](CC)CC)cc-3oc2c1. The topological polar surface area (TPSA) is 154 Å². The van der Waals surface area contributed by atoms with E-state index in [1.807, 2.05) is 36.4 Å². The minimum Gasteiger partial charge on any atom is -0.478 e. The van der Waals surface area contributed by atoms with Crippen LogP contribution in [0.3, 0.4) is 0 Å². The van der Waals surface area contributed by atoms with Gasteiger partial charge in [0.15, 0.2) is 5.11 Å². The Labute approximate surface area is 300 Å². The molecule has 268 valence electrons. The molecule has 0 saturated carbocycles. The molecule has 2 aliphatic heterocycles. The molecule has 14 heteroatoms. The number of hydrogen-bond acceptors (Lipinski definition) is 9. The highest BCUT2D eigenvalue weighted by Gasteiger charge is 2.32. The Hall–Kier alpha value is -5.34. The predicted molar refractivity (Wildman–Crippen MR) is 197 cm³/mol. The van der Waals surface area contributed by atoms with Gasteiger partial charge >= 0.3 is 11.9 Å². The van der Waals surface area contributed by atoms with Crippen molar-refractivity contribution < 1.29 is 38.3 Å². The van der Waals surface area contributed by atoms with E-state index in [4.69, 9.17) is 26.2 Å². The number of fused-ring (bicyclic) bond motifs is 2. The average Bonchev–Trinajstić information content (AvgIpc) is 3.43. The lowest BCUT2D eigenvalue weighted by atomic mass is 9.90. The molecule has 2 heterocycles. The zero-order chi connectivity index (χ0) is 36.7. The predicted octanol–water partition coefficient (Wildman–Crippen LogP) is 4.47. The number of ether oxygens (including phenoxy) is 1. The summed E-state index contributed by atoms with van der Waals surface area (Å²) in [6.07, 6.45) is 0.00844. The first kappa shape index (κ1) is 36.9. The van der Waals surface area contributed by atoms with Crippen molar-refractivity contribution in [2.45, 2.75) is 40.5 Å². The molecule has 0 spiro atoms. The number of thiocarbonyl (C=S) groups is 1. The van der Waals surface area contributed by atoms with E-state index in [-0.39, 0.29) is 36.7 Å². The summed E-state index contributed by atoms with van der Waals surface area (Å²) in [5.41, 5.74) is 4.27.